The zero-order chi connectivity index (χ0) is 14.8. The van der Waals surface area contributed by atoms with E-state index in [4.69, 9.17) is 0 Å². The van der Waals surface area contributed by atoms with Gasteiger partial charge in [0.25, 0.3) is 5.91 Å². The van der Waals surface area contributed by atoms with Gasteiger partial charge in [-0.25, -0.2) is 9.67 Å². The van der Waals surface area contributed by atoms with E-state index in [2.05, 4.69) is 36.0 Å². The van der Waals surface area contributed by atoms with Gasteiger partial charge in [0.05, 0.1) is 5.69 Å². The first-order valence-corrected chi connectivity index (χ1v) is 6.18. The summed E-state index contributed by atoms with van der Waals surface area (Å²) in [5.74, 6) is 0.293. The van der Waals surface area contributed by atoms with E-state index >= 15 is 0 Å². The zero-order valence-corrected chi connectivity index (χ0v) is 11.4. The number of amides is 1. The molecule has 106 valence electrons. The zero-order valence-electron chi connectivity index (χ0n) is 11.4. The Kier molecular flexibility index (Phi) is 3.14. The summed E-state index contributed by atoms with van der Waals surface area (Å²) in [6.45, 7) is 3.66. The maximum absolute atomic E-state index is 12.0. The molecule has 1 aromatic carbocycles. The number of aromatic nitrogens is 7. The minimum Gasteiger partial charge on any atom is -0.319 e. The van der Waals surface area contributed by atoms with Crippen LogP contribution in [0.5, 0.6) is 0 Å². The first-order chi connectivity index (χ1) is 10.1. The van der Waals surface area contributed by atoms with Crippen LogP contribution in [0.25, 0.3) is 5.69 Å². The summed E-state index contributed by atoms with van der Waals surface area (Å²) in [4.78, 5) is 16.0. The third kappa shape index (κ3) is 2.61. The molecule has 3 aromatic rings. The lowest BCUT2D eigenvalue weighted by molar-refractivity contribution is 0.101. The summed E-state index contributed by atoms with van der Waals surface area (Å²) in [6.07, 6.45) is 1.49. The molecule has 21 heavy (non-hydrogen) atoms. The Morgan fingerprint density at radius 2 is 2.19 bits per heavy atom. The minimum absolute atomic E-state index is 0.0945. The molecule has 3 rings (SSSR count). The van der Waals surface area contributed by atoms with Crippen molar-refractivity contribution in [3.05, 3.63) is 41.7 Å². The number of hydrogen-bond donors (Lipinski definition) is 2. The standard InChI is InChI=1S/C12H12N8O/c1-7-3-4-9(5-10(7)20-6-13-18-19-20)15-12(21)11-14-8(2)16-17-11/h3-6H,1-2H3,(H,15,21)(H,14,16,17). The first kappa shape index (κ1) is 12.9. The van der Waals surface area contributed by atoms with Crippen LogP contribution in [0.15, 0.2) is 24.5 Å². The Morgan fingerprint density at radius 3 is 2.86 bits per heavy atom. The molecule has 9 heteroatoms. The van der Waals surface area contributed by atoms with E-state index in [9.17, 15) is 4.79 Å². The second-order valence-electron chi connectivity index (χ2n) is 4.45. The number of nitrogens with one attached hydrogen (secondary N) is 2. The number of nitrogens with zero attached hydrogens (tertiary/aromatic N) is 6. The highest BCUT2D eigenvalue weighted by atomic mass is 16.2. The summed E-state index contributed by atoms with van der Waals surface area (Å²) in [5.41, 5.74) is 2.37. The molecule has 0 unspecified atom stereocenters. The number of carbonyl (C=O) groups is 1. The Labute approximate surface area is 119 Å². The lowest BCUT2D eigenvalue weighted by Crippen LogP contribution is -2.14. The number of H-pyrrole nitrogens is 1. The average molecular weight is 284 g/mol. The van der Waals surface area contributed by atoms with Gasteiger partial charge in [-0.3, -0.25) is 9.89 Å². The molecule has 9 nitrogen and oxygen atoms in total. The second-order valence-corrected chi connectivity index (χ2v) is 4.45. The largest absolute Gasteiger partial charge is 0.319 e. The van der Waals surface area contributed by atoms with Gasteiger partial charge in [-0.2, -0.15) is 0 Å². The van der Waals surface area contributed by atoms with Gasteiger partial charge in [0, 0.05) is 5.69 Å². The van der Waals surface area contributed by atoms with Gasteiger partial charge in [0.15, 0.2) is 0 Å². The Balaban J connectivity index is 1.86. The van der Waals surface area contributed by atoms with Crippen molar-refractivity contribution < 1.29 is 4.79 Å². The van der Waals surface area contributed by atoms with Crippen LogP contribution in [0.2, 0.25) is 0 Å². The molecular formula is C12H12N8O. The maximum atomic E-state index is 12.0. The quantitative estimate of drug-likeness (QED) is 0.729. The van der Waals surface area contributed by atoms with Crippen molar-refractivity contribution in [2.24, 2.45) is 0 Å². The van der Waals surface area contributed by atoms with Gasteiger partial charge in [-0.15, -0.1) is 10.2 Å². The van der Waals surface area contributed by atoms with Gasteiger partial charge in [0.2, 0.25) is 5.82 Å². The Bertz CT molecular complexity index is 776. The van der Waals surface area contributed by atoms with E-state index in [0.717, 1.165) is 11.3 Å². The van der Waals surface area contributed by atoms with Crippen molar-refractivity contribution in [1.29, 1.82) is 0 Å². The molecule has 2 aromatic heterocycles. The summed E-state index contributed by atoms with van der Waals surface area (Å²) >= 11 is 0. The lowest BCUT2D eigenvalue weighted by Gasteiger charge is -2.08. The van der Waals surface area contributed by atoms with Crippen LogP contribution in [-0.4, -0.2) is 41.3 Å². The number of anilines is 1. The average Bonchev–Trinajstić information content (AvgIpc) is 3.12. The van der Waals surface area contributed by atoms with Crippen molar-refractivity contribution in [1.82, 2.24) is 35.4 Å². The monoisotopic (exact) mass is 284 g/mol. The summed E-state index contributed by atoms with van der Waals surface area (Å²) < 4.78 is 1.53. The molecule has 0 saturated heterocycles. The number of benzene rings is 1. The predicted molar refractivity (Wildman–Crippen MR) is 73.0 cm³/mol. The van der Waals surface area contributed by atoms with Crippen LogP contribution >= 0.6 is 0 Å². The second kappa shape index (κ2) is 5.12. The fourth-order valence-corrected chi connectivity index (χ4v) is 1.84. The molecule has 0 bridgehead atoms. The van der Waals surface area contributed by atoms with Crippen molar-refractivity contribution in [3.63, 3.8) is 0 Å². The molecule has 0 aliphatic heterocycles. The smallest absolute Gasteiger partial charge is 0.295 e. The minimum atomic E-state index is -0.383. The molecule has 0 saturated carbocycles. The highest BCUT2D eigenvalue weighted by molar-refractivity contribution is 6.01. The molecule has 0 radical (unpaired) electrons. The van der Waals surface area contributed by atoms with Crippen LogP contribution in [0, 0.1) is 13.8 Å². The molecule has 2 heterocycles. The van der Waals surface area contributed by atoms with E-state index < -0.39 is 0 Å². The van der Waals surface area contributed by atoms with Gasteiger partial charge < -0.3 is 5.32 Å². The number of hydrogen-bond acceptors (Lipinski definition) is 6. The molecule has 2 N–H and O–H groups in total. The lowest BCUT2D eigenvalue weighted by atomic mass is 10.2. The number of tetrazole rings is 1. The maximum Gasteiger partial charge on any atom is 0.295 e. The Morgan fingerprint density at radius 1 is 1.33 bits per heavy atom. The van der Waals surface area contributed by atoms with Crippen molar-refractivity contribution in [2.45, 2.75) is 13.8 Å². The molecule has 1 amide bonds. The fraction of sp³-hybridized carbons (Fsp3) is 0.167. The third-order valence-corrected chi connectivity index (χ3v) is 2.86. The number of carbonyl (C=O) groups excluding carboxylic acids is 1. The van der Waals surface area contributed by atoms with Gasteiger partial charge in [0.1, 0.15) is 12.2 Å². The summed E-state index contributed by atoms with van der Waals surface area (Å²) in [6, 6.07) is 5.44. The Hall–Kier alpha value is -3.10. The predicted octanol–water partition coefficient (Wildman–Crippen LogP) is 0.650. The molecule has 0 aliphatic rings. The van der Waals surface area contributed by atoms with E-state index in [-0.39, 0.29) is 11.7 Å². The van der Waals surface area contributed by atoms with E-state index in [1.165, 1.54) is 11.0 Å². The molecule has 0 fully saturated rings. The third-order valence-electron chi connectivity index (χ3n) is 2.86. The number of aryl methyl sites for hydroxylation is 2. The topological polar surface area (TPSA) is 114 Å². The van der Waals surface area contributed by atoms with Crippen LogP contribution < -0.4 is 5.32 Å². The number of rotatable bonds is 3. The van der Waals surface area contributed by atoms with Gasteiger partial charge in [-0.1, -0.05) is 6.07 Å². The first-order valence-electron chi connectivity index (χ1n) is 6.18. The van der Waals surface area contributed by atoms with Crippen molar-refractivity contribution in [2.75, 3.05) is 5.32 Å². The van der Waals surface area contributed by atoms with E-state index in [0.29, 0.717) is 11.5 Å². The highest BCUT2D eigenvalue weighted by Gasteiger charge is 2.12. The van der Waals surface area contributed by atoms with E-state index in [1.54, 1.807) is 19.1 Å². The van der Waals surface area contributed by atoms with Crippen LogP contribution in [-0.2, 0) is 0 Å². The van der Waals surface area contributed by atoms with Crippen LogP contribution in [0.3, 0.4) is 0 Å². The molecule has 0 spiro atoms. The van der Waals surface area contributed by atoms with Crippen molar-refractivity contribution >= 4 is 11.6 Å². The molecular weight excluding hydrogens is 272 g/mol. The van der Waals surface area contributed by atoms with E-state index in [1.807, 2.05) is 13.0 Å². The summed E-state index contributed by atoms with van der Waals surface area (Å²) in [7, 11) is 0. The van der Waals surface area contributed by atoms with Gasteiger partial charge >= 0.3 is 0 Å². The molecule has 0 atom stereocenters. The number of aromatic amines is 1. The van der Waals surface area contributed by atoms with Gasteiger partial charge in [-0.05, 0) is 42.0 Å². The fourth-order valence-electron chi connectivity index (χ4n) is 1.84. The highest BCUT2D eigenvalue weighted by Crippen LogP contribution is 2.18. The summed E-state index contributed by atoms with van der Waals surface area (Å²) in [5, 5.41) is 20.2. The van der Waals surface area contributed by atoms with Crippen LogP contribution in [0.4, 0.5) is 5.69 Å². The van der Waals surface area contributed by atoms with Crippen molar-refractivity contribution in [3.8, 4) is 5.69 Å². The SMILES string of the molecule is Cc1nc(C(=O)Nc2ccc(C)c(-n3cnnn3)c2)n[nH]1. The molecule has 0 aliphatic carbocycles. The normalized spacial score (nSPS) is 10.6. The van der Waals surface area contributed by atoms with Crippen LogP contribution in [0.1, 0.15) is 22.0 Å².